The average Bonchev–Trinajstić information content (AvgIpc) is 2.86. The van der Waals surface area contributed by atoms with Crippen molar-refractivity contribution in [2.24, 2.45) is 0 Å². The molecule has 1 atom stereocenters. The smallest absolute Gasteiger partial charge is 0.0656 e. The van der Waals surface area contributed by atoms with Crippen LogP contribution in [0.25, 0.3) is 10.9 Å². The quantitative estimate of drug-likeness (QED) is 0.752. The average molecular weight is 258 g/mol. The highest BCUT2D eigenvalue weighted by Crippen LogP contribution is 2.40. The number of aromatic nitrogens is 2. The molecule has 0 saturated carbocycles. The third kappa shape index (κ3) is 2.41. The first-order valence-corrected chi connectivity index (χ1v) is 7.67. The van der Waals surface area contributed by atoms with E-state index in [1.807, 2.05) is 20.0 Å². The highest BCUT2D eigenvalue weighted by atomic mass is 15.1. The van der Waals surface area contributed by atoms with Gasteiger partial charge in [0.2, 0.25) is 0 Å². The van der Waals surface area contributed by atoms with E-state index in [0.717, 1.165) is 0 Å². The van der Waals surface area contributed by atoms with E-state index in [2.05, 4.69) is 37.0 Å². The van der Waals surface area contributed by atoms with Crippen LogP contribution in [0.3, 0.4) is 0 Å². The van der Waals surface area contributed by atoms with Crippen molar-refractivity contribution >= 4 is 10.9 Å². The van der Waals surface area contributed by atoms with Crippen molar-refractivity contribution in [3.05, 3.63) is 29.0 Å². The van der Waals surface area contributed by atoms with Crippen LogP contribution >= 0.6 is 0 Å². The van der Waals surface area contributed by atoms with Crippen molar-refractivity contribution in [3.8, 4) is 0 Å². The molecule has 1 heterocycles. The summed E-state index contributed by atoms with van der Waals surface area (Å²) in [7, 11) is 0. The lowest BCUT2D eigenvalue weighted by Gasteiger charge is -2.27. The maximum absolute atomic E-state index is 4.22. The number of rotatable bonds is 1. The molecule has 3 rings (SSSR count). The van der Waals surface area contributed by atoms with Gasteiger partial charge in [0.25, 0.3) is 0 Å². The number of benzene rings is 1. The highest BCUT2D eigenvalue weighted by molar-refractivity contribution is 5.85. The summed E-state index contributed by atoms with van der Waals surface area (Å²) < 4.78 is 0. The maximum atomic E-state index is 4.22. The zero-order chi connectivity index (χ0) is 14.0. The van der Waals surface area contributed by atoms with E-state index in [1.54, 1.807) is 11.1 Å². The molecule has 0 amide bonds. The highest BCUT2D eigenvalue weighted by Gasteiger charge is 2.23. The van der Waals surface area contributed by atoms with E-state index in [1.165, 1.54) is 35.7 Å². The molecule has 2 nitrogen and oxygen atoms in total. The Morgan fingerprint density at radius 1 is 1.32 bits per heavy atom. The second kappa shape index (κ2) is 5.77. The molecule has 1 aliphatic carbocycles. The van der Waals surface area contributed by atoms with Crippen molar-refractivity contribution in [1.82, 2.24) is 10.2 Å². The molecular formula is C17H26N2. The Bertz CT molecular complexity index is 552. The van der Waals surface area contributed by atoms with E-state index in [-0.39, 0.29) is 0 Å². The largest absolute Gasteiger partial charge is 0.278 e. The molecular weight excluding hydrogens is 232 g/mol. The van der Waals surface area contributed by atoms with Crippen LogP contribution in [0.2, 0.25) is 0 Å². The van der Waals surface area contributed by atoms with Gasteiger partial charge in [-0.3, -0.25) is 5.10 Å². The number of hydrogen-bond donors (Lipinski definition) is 1. The van der Waals surface area contributed by atoms with Crippen LogP contribution in [0, 0.1) is 0 Å². The first-order valence-electron chi connectivity index (χ1n) is 7.67. The summed E-state index contributed by atoms with van der Waals surface area (Å²) in [6.07, 6.45) is 5.88. The summed E-state index contributed by atoms with van der Waals surface area (Å²) in [5.74, 6) is 1.28. The summed E-state index contributed by atoms with van der Waals surface area (Å²) in [6.45, 7) is 11.0. The summed E-state index contributed by atoms with van der Waals surface area (Å²) in [4.78, 5) is 0. The molecule has 0 aliphatic heterocycles. The topological polar surface area (TPSA) is 28.7 Å². The van der Waals surface area contributed by atoms with Gasteiger partial charge in [-0.15, -0.1) is 0 Å². The predicted octanol–water partition coefficient (Wildman–Crippen LogP) is 5.15. The van der Waals surface area contributed by atoms with Crippen LogP contribution in [0.4, 0.5) is 0 Å². The van der Waals surface area contributed by atoms with Crippen molar-refractivity contribution in [2.75, 3.05) is 0 Å². The van der Waals surface area contributed by atoms with Crippen LogP contribution < -0.4 is 0 Å². The fourth-order valence-corrected chi connectivity index (χ4v) is 3.34. The van der Waals surface area contributed by atoms with Gasteiger partial charge in [0.05, 0.1) is 11.7 Å². The van der Waals surface area contributed by atoms with Gasteiger partial charge in [-0.25, -0.2) is 0 Å². The number of nitrogens with one attached hydrogen (secondary N) is 1. The second-order valence-corrected chi connectivity index (χ2v) is 5.64. The molecule has 1 N–H and O–H groups in total. The molecule has 104 valence electrons. The first-order chi connectivity index (χ1) is 9.18. The molecule has 1 aliphatic rings. The van der Waals surface area contributed by atoms with Crippen molar-refractivity contribution in [2.45, 2.75) is 65.7 Å². The van der Waals surface area contributed by atoms with Crippen LogP contribution in [0.1, 0.15) is 76.0 Å². The second-order valence-electron chi connectivity index (χ2n) is 5.64. The van der Waals surface area contributed by atoms with Gasteiger partial charge in [0, 0.05) is 5.39 Å². The number of hydrogen-bond acceptors (Lipinski definition) is 1. The summed E-state index contributed by atoms with van der Waals surface area (Å²) in [5.41, 5.74) is 5.89. The zero-order valence-corrected chi connectivity index (χ0v) is 12.9. The van der Waals surface area contributed by atoms with E-state index >= 15 is 0 Å². The molecule has 0 fully saturated rings. The minimum Gasteiger partial charge on any atom is -0.278 e. The standard InChI is InChI=1S/C15H20N2.C2H6/c1-9(2)14-12-8-16-17-13(12)7-11-6-4-5-10(3)15(11)14;1-2/h7-10H,4-6H2,1-3H3,(H,16,17);1-2H3. The van der Waals surface area contributed by atoms with Crippen molar-refractivity contribution in [3.63, 3.8) is 0 Å². The van der Waals surface area contributed by atoms with E-state index < -0.39 is 0 Å². The molecule has 1 aromatic heterocycles. The third-order valence-corrected chi connectivity index (χ3v) is 4.07. The maximum Gasteiger partial charge on any atom is 0.0656 e. The summed E-state index contributed by atoms with van der Waals surface area (Å²) in [6, 6.07) is 2.32. The van der Waals surface area contributed by atoms with Crippen LogP contribution in [-0.4, -0.2) is 10.2 Å². The Kier molecular flexibility index (Phi) is 4.28. The molecule has 1 unspecified atom stereocenters. The van der Waals surface area contributed by atoms with E-state index in [9.17, 15) is 0 Å². The molecule has 0 spiro atoms. The predicted molar refractivity (Wildman–Crippen MR) is 82.9 cm³/mol. The SMILES string of the molecule is CC.CC(C)c1c2c(cc3[nH]ncc13)CCCC2C. The van der Waals surface area contributed by atoms with E-state index in [4.69, 9.17) is 0 Å². The Morgan fingerprint density at radius 2 is 2.05 bits per heavy atom. The van der Waals surface area contributed by atoms with Gasteiger partial charge in [0.1, 0.15) is 0 Å². The Balaban J connectivity index is 0.000000637. The molecule has 0 saturated heterocycles. The molecule has 2 heteroatoms. The molecule has 0 bridgehead atoms. The van der Waals surface area contributed by atoms with E-state index in [0.29, 0.717) is 11.8 Å². The van der Waals surface area contributed by atoms with Crippen LogP contribution in [-0.2, 0) is 6.42 Å². The van der Waals surface area contributed by atoms with Gasteiger partial charge < -0.3 is 0 Å². The van der Waals surface area contributed by atoms with Gasteiger partial charge in [-0.05, 0) is 53.9 Å². The minimum atomic E-state index is 0.575. The first kappa shape index (κ1) is 14.1. The number of H-pyrrole nitrogens is 1. The fraction of sp³-hybridized carbons (Fsp3) is 0.588. The lowest BCUT2D eigenvalue weighted by atomic mass is 9.77. The normalized spacial score (nSPS) is 18.1. The lowest BCUT2D eigenvalue weighted by Crippen LogP contribution is -2.11. The lowest BCUT2D eigenvalue weighted by molar-refractivity contribution is 0.582. The number of aromatic amines is 1. The Morgan fingerprint density at radius 3 is 2.74 bits per heavy atom. The van der Waals surface area contributed by atoms with Crippen LogP contribution in [0.5, 0.6) is 0 Å². The van der Waals surface area contributed by atoms with Gasteiger partial charge in [-0.1, -0.05) is 34.6 Å². The Labute approximate surface area is 116 Å². The number of nitrogens with zero attached hydrogens (tertiary/aromatic N) is 1. The number of fused-ring (bicyclic) bond motifs is 2. The number of aryl methyl sites for hydroxylation is 1. The molecule has 2 aromatic rings. The molecule has 0 radical (unpaired) electrons. The monoisotopic (exact) mass is 258 g/mol. The van der Waals surface area contributed by atoms with Crippen LogP contribution in [0.15, 0.2) is 12.3 Å². The van der Waals surface area contributed by atoms with Gasteiger partial charge >= 0.3 is 0 Å². The third-order valence-electron chi connectivity index (χ3n) is 4.07. The van der Waals surface area contributed by atoms with Gasteiger partial charge in [0.15, 0.2) is 0 Å². The molecule has 1 aromatic carbocycles. The minimum absolute atomic E-state index is 0.575. The summed E-state index contributed by atoms with van der Waals surface area (Å²) in [5, 5.41) is 8.67. The summed E-state index contributed by atoms with van der Waals surface area (Å²) >= 11 is 0. The van der Waals surface area contributed by atoms with Crippen molar-refractivity contribution < 1.29 is 0 Å². The fourth-order valence-electron chi connectivity index (χ4n) is 3.34. The zero-order valence-electron chi connectivity index (χ0n) is 12.9. The molecule has 19 heavy (non-hydrogen) atoms. The van der Waals surface area contributed by atoms with Gasteiger partial charge in [-0.2, -0.15) is 5.10 Å². The van der Waals surface area contributed by atoms with Crippen molar-refractivity contribution in [1.29, 1.82) is 0 Å². The Hall–Kier alpha value is -1.31.